The van der Waals surface area contributed by atoms with Crippen molar-refractivity contribution in [2.24, 2.45) is 0 Å². The number of hydrogen-bond acceptors (Lipinski definition) is 3. The average molecular weight is 360 g/mol. The molecule has 0 aromatic heterocycles. The maximum Gasteiger partial charge on any atom is 0.267 e. The average Bonchev–Trinajstić information content (AvgIpc) is 2.56. The molecule has 1 amide bonds. The number of nitriles is 1. The first-order valence-corrected chi connectivity index (χ1v) is 7.91. The molecule has 2 N–H and O–H groups in total. The van der Waals surface area contributed by atoms with Crippen LogP contribution in [0.15, 0.2) is 54.2 Å². The first-order chi connectivity index (χ1) is 11.5. The third-order valence-corrected chi connectivity index (χ3v) is 3.78. The number of aryl methyl sites for hydroxylation is 1. The van der Waals surface area contributed by atoms with E-state index in [2.05, 4.69) is 10.6 Å². The van der Waals surface area contributed by atoms with Gasteiger partial charge in [-0.2, -0.15) is 5.26 Å². The first kappa shape index (κ1) is 17.9. The van der Waals surface area contributed by atoms with E-state index in [9.17, 15) is 4.79 Å². The van der Waals surface area contributed by atoms with E-state index < -0.39 is 5.91 Å². The molecule has 122 valence electrons. The van der Waals surface area contributed by atoms with Gasteiger partial charge in [0.05, 0.1) is 10.7 Å². The topological polar surface area (TPSA) is 64.9 Å². The van der Waals surface area contributed by atoms with Crippen LogP contribution < -0.4 is 10.6 Å². The number of halogens is 2. The Bertz CT molecular complexity index is 808. The maximum absolute atomic E-state index is 12.2. The highest BCUT2D eigenvalue weighted by atomic mass is 35.5. The number of nitrogens with zero attached hydrogens (tertiary/aromatic N) is 1. The number of carbonyl (C=O) groups is 1. The van der Waals surface area contributed by atoms with Crippen LogP contribution in [0.25, 0.3) is 0 Å². The molecule has 0 bridgehead atoms. The van der Waals surface area contributed by atoms with E-state index in [4.69, 9.17) is 28.5 Å². The number of amides is 1. The zero-order valence-corrected chi connectivity index (χ0v) is 14.4. The molecule has 0 fully saturated rings. The minimum atomic E-state index is -0.557. The fourth-order valence-corrected chi connectivity index (χ4v) is 2.25. The number of rotatable bonds is 5. The summed E-state index contributed by atoms with van der Waals surface area (Å²) in [6.07, 6.45) is 1.38. The van der Waals surface area contributed by atoms with Crippen molar-refractivity contribution in [2.45, 2.75) is 13.5 Å². The van der Waals surface area contributed by atoms with Gasteiger partial charge >= 0.3 is 0 Å². The van der Waals surface area contributed by atoms with Crippen molar-refractivity contribution in [1.82, 2.24) is 5.32 Å². The van der Waals surface area contributed by atoms with Gasteiger partial charge in [-0.1, -0.05) is 53.0 Å². The van der Waals surface area contributed by atoms with Crippen molar-refractivity contribution >= 4 is 34.8 Å². The first-order valence-electron chi connectivity index (χ1n) is 7.15. The van der Waals surface area contributed by atoms with E-state index in [1.807, 2.05) is 37.3 Å². The summed E-state index contributed by atoms with van der Waals surface area (Å²) in [6, 6.07) is 14.5. The fourth-order valence-electron chi connectivity index (χ4n) is 1.91. The quantitative estimate of drug-likeness (QED) is 0.612. The van der Waals surface area contributed by atoms with Crippen molar-refractivity contribution in [2.75, 3.05) is 5.32 Å². The summed E-state index contributed by atoms with van der Waals surface area (Å²) in [6.45, 7) is 2.52. The number of carbonyl (C=O) groups excluding carboxylic acids is 1. The van der Waals surface area contributed by atoms with Gasteiger partial charge in [0, 0.05) is 17.8 Å². The van der Waals surface area contributed by atoms with Crippen LogP contribution in [-0.2, 0) is 11.3 Å². The van der Waals surface area contributed by atoms with E-state index in [1.54, 1.807) is 12.1 Å². The normalized spacial score (nSPS) is 10.8. The smallest absolute Gasteiger partial charge is 0.267 e. The minimum absolute atomic E-state index is 0.0573. The predicted octanol–water partition coefficient (Wildman–Crippen LogP) is 4.44. The summed E-state index contributed by atoms with van der Waals surface area (Å²) in [5.74, 6) is -0.557. The van der Waals surface area contributed by atoms with Crippen molar-refractivity contribution in [3.63, 3.8) is 0 Å². The third kappa shape index (κ3) is 5.02. The molecule has 0 spiro atoms. The van der Waals surface area contributed by atoms with Gasteiger partial charge in [-0.3, -0.25) is 4.79 Å². The molecule has 2 rings (SSSR count). The molecule has 2 aromatic carbocycles. The Morgan fingerprint density at radius 1 is 1.21 bits per heavy atom. The summed E-state index contributed by atoms with van der Waals surface area (Å²) >= 11 is 11.9. The third-order valence-electron chi connectivity index (χ3n) is 3.21. The minimum Gasteiger partial charge on any atom is -0.386 e. The van der Waals surface area contributed by atoms with Crippen LogP contribution in [0.3, 0.4) is 0 Å². The summed E-state index contributed by atoms with van der Waals surface area (Å²) in [5.41, 5.74) is 2.52. The largest absolute Gasteiger partial charge is 0.386 e. The Morgan fingerprint density at radius 3 is 2.58 bits per heavy atom. The van der Waals surface area contributed by atoms with E-state index in [0.717, 1.165) is 5.56 Å². The number of anilines is 1. The molecule has 0 atom stereocenters. The van der Waals surface area contributed by atoms with Crippen LogP contribution in [0.1, 0.15) is 11.1 Å². The van der Waals surface area contributed by atoms with Crippen molar-refractivity contribution in [1.29, 1.82) is 5.26 Å². The van der Waals surface area contributed by atoms with Gasteiger partial charge in [-0.25, -0.2) is 0 Å². The summed E-state index contributed by atoms with van der Waals surface area (Å²) < 4.78 is 0. The summed E-state index contributed by atoms with van der Waals surface area (Å²) in [7, 11) is 0. The monoisotopic (exact) mass is 359 g/mol. The molecule has 0 unspecified atom stereocenters. The molecule has 0 heterocycles. The van der Waals surface area contributed by atoms with E-state index in [0.29, 0.717) is 22.3 Å². The van der Waals surface area contributed by atoms with Crippen LogP contribution in [0, 0.1) is 18.3 Å². The van der Waals surface area contributed by atoms with Crippen LogP contribution in [0.4, 0.5) is 5.69 Å². The van der Waals surface area contributed by atoms with E-state index in [1.165, 1.54) is 17.8 Å². The highest BCUT2D eigenvalue weighted by Crippen LogP contribution is 2.25. The molecule has 0 saturated heterocycles. The Labute approximate surface area is 150 Å². The molecule has 2 aromatic rings. The molecular weight excluding hydrogens is 345 g/mol. The molecule has 4 nitrogen and oxygen atoms in total. The number of benzene rings is 2. The molecule has 24 heavy (non-hydrogen) atoms. The number of hydrogen-bond donors (Lipinski definition) is 2. The Balaban J connectivity index is 2.01. The zero-order valence-electron chi connectivity index (χ0n) is 12.9. The van der Waals surface area contributed by atoms with Gasteiger partial charge < -0.3 is 10.6 Å². The van der Waals surface area contributed by atoms with Crippen molar-refractivity contribution < 1.29 is 4.79 Å². The summed E-state index contributed by atoms with van der Waals surface area (Å²) in [4.78, 5) is 12.2. The van der Waals surface area contributed by atoms with Gasteiger partial charge in [0.1, 0.15) is 11.6 Å². The zero-order chi connectivity index (χ0) is 17.5. The molecule has 0 aliphatic carbocycles. The van der Waals surface area contributed by atoms with Crippen LogP contribution in [-0.4, -0.2) is 5.91 Å². The highest BCUT2D eigenvalue weighted by Gasteiger charge is 2.11. The predicted molar refractivity (Wildman–Crippen MR) is 96.8 cm³/mol. The van der Waals surface area contributed by atoms with E-state index >= 15 is 0 Å². The Kier molecular flexibility index (Phi) is 6.25. The van der Waals surface area contributed by atoms with Gasteiger partial charge in [0.2, 0.25) is 0 Å². The lowest BCUT2D eigenvalue weighted by molar-refractivity contribution is -0.112. The Hall–Kier alpha value is -2.48. The molecule has 0 saturated carbocycles. The Morgan fingerprint density at radius 2 is 1.92 bits per heavy atom. The molecule has 6 heteroatoms. The number of nitrogens with one attached hydrogen (secondary N) is 2. The van der Waals surface area contributed by atoms with Crippen molar-refractivity contribution in [3.05, 3.63) is 75.4 Å². The molecule has 0 radical (unpaired) electrons. The summed E-state index contributed by atoms with van der Waals surface area (Å²) in [5, 5.41) is 15.5. The lowest BCUT2D eigenvalue weighted by atomic mass is 10.1. The molecule has 0 aliphatic heterocycles. The lowest BCUT2D eigenvalue weighted by Crippen LogP contribution is -2.16. The van der Waals surface area contributed by atoms with Crippen LogP contribution in [0.2, 0.25) is 10.0 Å². The van der Waals surface area contributed by atoms with Gasteiger partial charge in [-0.15, -0.1) is 0 Å². The molecular formula is C18H15Cl2N3O. The fraction of sp³-hybridized carbons (Fsp3) is 0.111. The highest BCUT2D eigenvalue weighted by molar-refractivity contribution is 6.35. The maximum atomic E-state index is 12.2. The molecule has 0 aliphatic rings. The lowest BCUT2D eigenvalue weighted by Gasteiger charge is -2.07. The second kappa shape index (κ2) is 8.39. The van der Waals surface area contributed by atoms with E-state index in [-0.39, 0.29) is 5.57 Å². The second-order valence-corrected chi connectivity index (χ2v) is 5.96. The SMILES string of the molecule is Cc1ccc(CN/C=C(/C#N)C(=O)Nc2cc(Cl)ccc2Cl)cc1. The van der Waals surface area contributed by atoms with Gasteiger partial charge in [0.25, 0.3) is 5.91 Å². The van der Waals surface area contributed by atoms with Gasteiger partial charge in [-0.05, 0) is 30.7 Å². The van der Waals surface area contributed by atoms with Gasteiger partial charge in [0.15, 0.2) is 0 Å². The second-order valence-electron chi connectivity index (χ2n) is 5.11. The van der Waals surface area contributed by atoms with Crippen LogP contribution >= 0.6 is 23.2 Å². The van der Waals surface area contributed by atoms with Crippen LogP contribution in [0.5, 0.6) is 0 Å². The standard InChI is InChI=1S/C18H15Cl2N3O/c1-12-2-4-13(5-3-12)10-22-11-14(9-21)18(24)23-17-8-15(19)6-7-16(17)20/h2-8,11,22H,10H2,1H3,(H,23,24)/b14-11-. The van der Waals surface area contributed by atoms with Crippen molar-refractivity contribution in [3.8, 4) is 6.07 Å².